The van der Waals surface area contributed by atoms with Gasteiger partial charge in [-0.2, -0.15) is 0 Å². The lowest BCUT2D eigenvalue weighted by molar-refractivity contribution is 0.0941. The monoisotopic (exact) mass is 369 g/mol. The molecule has 0 aliphatic heterocycles. The summed E-state index contributed by atoms with van der Waals surface area (Å²) >= 11 is 1.54. The molecule has 0 radical (unpaired) electrons. The number of rotatable bonds is 6. The summed E-state index contributed by atoms with van der Waals surface area (Å²) in [6.45, 7) is 0.329. The summed E-state index contributed by atoms with van der Waals surface area (Å²) in [5.74, 6) is 0.906. The highest BCUT2D eigenvalue weighted by Gasteiger charge is 2.19. The third kappa shape index (κ3) is 3.77. The zero-order valence-corrected chi connectivity index (χ0v) is 15.0. The SMILES string of the molecule is O=C(NCc1cccnc1OC1CCCC1)c1cc(-c2cccs2)on1. The number of amides is 1. The van der Waals surface area contributed by atoms with E-state index in [1.165, 1.54) is 24.2 Å². The number of ether oxygens (including phenoxy) is 1. The number of pyridine rings is 1. The van der Waals surface area contributed by atoms with Crippen LogP contribution in [-0.4, -0.2) is 22.2 Å². The quantitative estimate of drug-likeness (QED) is 0.709. The molecule has 4 rings (SSSR count). The molecule has 0 bridgehead atoms. The fourth-order valence-corrected chi connectivity index (χ4v) is 3.69. The Hall–Kier alpha value is -2.67. The Kier molecular flexibility index (Phi) is 4.97. The fourth-order valence-electron chi connectivity index (χ4n) is 3.01. The molecule has 1 saturated carbocycles. The number of nitrogens with zero attached hydrogens (tertiary/aromatic N) is 2. The lowest BCUT2D eigenvalue weighted by atomic mass is 10.2. The molecule has 134 valence electrons. The molecule has 0 saturated heterocycles. The zero-order valence-electron chi connectivity index (χ0n) is 14.2. The average Bonchev–Trinajstić information content (AvgIpc) is 3.41. The Morgan fingerprint density at radius 1 is 1.31 bits per heavy atom. The van der Waals surface area contributed by atoms with E-state index in [4.69, 9.17) is 9.26 Å². The molecule has 0 atom stereocenters. The molecule has 6 nitrogen and oxygen atoms in total. The fraction of sp³-hybridized carbons (Fsp3) is 0.316. The molecule has 3 heterocycles. The van der Waals surface area contributed by atoms with Crippen LogP contribution in [0.4, 0.5) is 0 Å². The van der Waals surface area contributed by atoms with Crippen molar-refractivity contribution in [1.29, 1.82) is 0 Å². The van der Waals surface area contributed by atoms with E-state index in [9.17, 15) is 4.79 Å². The zero-order chi connectivity index (χ0) is 17.8. The maximum atomic E-state index is 12.4. The van der Waals surface area contributed by atoms with Gasteiger partial charge in [-0.15, -0.1) is 11.3 Å². The van der Waals surface area contributed by atoms with Gasteiger partial charge in [0.05, 0.1) is 4.88 Å². The third-order valence-corrected chi connectivity index (χ3v) is 5.26. The van der Waals surface area contributed by atoms with Gasteiger partial charge in [0.15, 0.2) is 11.5 Å². The van der Waals surface area contributed by atoms with Crippen molar-refractivity contribution in [3.05, 3.63) is 53.2 Å². The molecule has 7 heteroatoms. The number of hydrogen-bond donors (Lipinski definition) is 1. The number of carbonyl (C=O) groups excluding carboxylic acids is 1. The van der Waals surface area contributed by atoms with E-state index in [-0.39, 0.29) is 17.7 Å². The maximum absolute atomic E-state index is 12.4. The molecule has 0 unspecified atom stereocenters. The van der Waals surface area contributed by atoms with Crippen LogP contribution in [-0.2, 0) is 6.54 Å². The molecule has 1 fully saturated rings. The normalized spacial score (nSPS) is 14.5. The van der Waals surface area contributed by atoms with Gasteiger partial charge in [-0.1, -0.05) is 17.3 Å². The first-order valence-electron chi connectivity index (χ1n) is 8.69. The van der Waals surface area contributed by atoms with Gasteiger partial charge >= 0.3 is 0 Å². The van der Waals surface area contributed by atoms with Crippen LogP contribution in [0.25, 0.3) is 10.6 Å². The highest BCUT2D eigenvalue weighted by atomic mass is 32.1. The van der Waals surface area contributed by atoms with Gasteiger partial charge in [0.25, 0.3) is 5.91 Å². The van der Waals surface area contributed by atoms with Crippen LogP contribution in [0.5, 0.6) is 5.88 Å². The summed E-state index contributed by atoms with van der Waals surface area (Å²) < 4.78 is 11.3. The molecule has 26 heavy (non-hydrogen) atoms. The van der Waals surface area contributed by atoms with Gasteiger partial charge < -0.3 is 14.6 Å². The second-order valence-electron chi connectivity index (χ2n) is 6.23. The Labute approximate surface area is 155 Å². The van der Waals surface area contributed by atoms with E-state index in [1.54, 1.807) is 12.3 Å². The molecule has 1 amide bonds. The Morgan fingerprint density at radius 2 is 2.19 bits per heavy atom. The topological polar surface area (TPSA) is 77.2 Å². The van der Waals surface area contributed by atoms with Crippen LogP contribution < -0.4 is 10.1 Å². The van der Waals surface area contributed by atoms with Gasteiger partial charge in [0.2, 0.25) is 5.88 Å². The lowest BCUT2D eigenvalue weighted by Crippen LogP contribution is -2.24. The van der Waals surface area contributed by atoms with E-state index >= 15 is 0 Å². The first-order valence-corrected chi connectivity index (χ1v) is 9.57. The molecule has 0 spiro atoms. The third-order valence-electron chi connectivity index (χ3n) is 4.38. The van der Waals surface area contributed by atoms with Crippen LogP contribution in [0.1, 0.15) is 41.7 Å². The number of thiophene rings is 1. The summed E-state index contributed by atoms with van der Waals surface area (Å²) in [6, 6.07) is 9.26. The summed E-state index contributed by atoms with van der Waals surface area (Å²) in [5, 5.41) is 8.67. The van der Waals surface area contributed by atoms with Crippen LogP contribution in [0.3, 0.4) is 0 Å². The Balaban J connectivity index is 1.40. The van der Waals surface area contributed by atoms with Crippen molar-refractivity contribution in [3.63, 3.8) is 0 Å². The van der Waals surface area contributed by atoms with E-state index in [2.05, 4.69) is 15.5 Å². The van der Waals surface area contributed by atoms with Crippen molar-refractivity contribution in [1.82, 2.24) is 15.5 Å². The average molecular weight is 369 g/mol. The molecule has 3 aromatic heterocycles. The van der Waals surface area contributed by atoms with Crippen molar-refractivity contribution in [2.24, 2.45) is 0 Å². The van der Waals surface area contributed by atoms with Crippen LogP contribution in [0.2, 0.25) is 0 Å². The van der Waals surface area contributed by atoms with Crippen LogP contribution in [0, 0.1) is 0 Å². The van der Waals surface area contributed by atoms with Crippen molar-refractivity contribution in [2.75, 3.05) is 0 Å². The van der Waals surface area contributed by atoms with Gasteiger partial charge in [-0.25, -0.2) is 4.98 Å². The van der Waals surface area contributed by atoms with Gasteiger partial charge in [0, 0.05) is 24.4 Å². The first-order chi connectivity index (χ1) is 12.8. The first kappa shape index (κ1) is 16.8. The standard InChI is InChI=1S/C19H19N3O3S/c23-18(15-11-16(25-22-15)17-8-4-10-26-17)21-12-13-5-3-9-20-19(13)24-14-6-1-2-7-14/h3-5,8-11,14H,1-2,6-7,12H2,(H,21,23). The molecular weight excluding hydrogens is 350 g/mol. The van der Waals surface area contributed by atoms with Gasteiger partial charge in [-0.05, 0) is 43.2 Å². The minimum atomic E-state index is -0.285. The second kappa shape index (κ2) is 7.70. The second-order valence-corrected chi connectivity index (χ2v) is 7.18. The van der Waals surface area contributed by atoms with Crippen molar-refractivity contribution < 1.29 is 14.1 Å². The largest absolute Gasteiger partial charge is 0.474 e. The van der Waals surface area contributed by atoms with E-state index in [0.29, 0.717) is 18.2 Å². The summed E-state index contributed by atoms with van der Waals surface area (Å²) in [5.41, 5.74) is 1.12. The molecule has 1 N–H and O–H groups in total. The molecule has 3 aromatic rings. The maximum Gasteiger partial charge on any atom is 0.273 e. The highest BCUT2D eigenvalue weighted by molar-refractivity contribution is 7.13. The minimum Gasteiger partial charge on any atom is -0.474 e. The summed E-state index contributed by atoms with van der Waals surface area (Å²) in [4.78, 5) is 17.6. The number of carbonyl (C=O) groups is 1. The smallest absolute Gasteiger partial charge is 0.273 e. The number of nitrogens with one attached hydrogen (secondary N) is 1. The number of aromatic nitrogens is 2. The number of hydrogen-bond acceptors (Lipinski definition) is 6. The van der Waals surface area contributed by atoms with Crippen LogP contribution in [0.15, 0.2) is 46.4 Å². The summed E-state index contributed by atoms with van der Waals surface area (Å²) in [6.07, 6.45) is 6.45. The molecule has 1 aliphatic rings. The predicted octanol–water partition coefficient (Wildman–Crippen LogP) is 4.05. The molecule has 1 aliphatic carbocycles. The van der Waals surface area contributed by atoms with Gasteiger partial charge in [0.1, 0.15) is 6.10 Å². The Morgan fingerprint density at radius 3 is 3.00 bits per heavy atom. The molecular formula is C19H19N3O3S. The highest BCUT2D eigenvalue weighted by Crippen LogP contribution is 2.26. The van der Waals surface area contributed by atoms with E-state index < -0.39 is 0 Å². The predicted molar refractivity (Wildman–Crippen MR) is 98.1 cm³/mol. The van der Waals surface area contributed by atoms with Crippen LogP contribution >= 0.6 is 11.3 Å². The van der Waals surface area contributed by atoms with Crippen molar-refractivity contribution in [2.45, 2.75) is 38.3 Å². The summed E-state index contributed by atoms with van der Waals surface area (Å²) in [7, 11) is 0. The van der Waals surface area contributed by atoms with Crippen molar-refractivity contribution >= 4 is 17.2 Å². The van der Waals surface area contributed by atoms with Gasteiger partial charge in [-0.3, -0.25) is 4.79 Å². The van der Waals surface area contributed by atoms with E-state index in [0.717, 1.165) is 23.3 Å². The lowest BCUT2D eigenvalue weighted by Gasteiger charge is -2.15. The molecule has 0 aromatic carbocycles. The van der Waals surface area contributed by atoms with Crippen molar-refractivity contribution in [3.8, 4) is 16.5 Å². The van der Waals surface area contributed by atoms with E-state index in [1.807, 2.05) is 29.6 Å². The minimum absolute atomic E-state index is 0.225. The Bertz CT molecular complexity index is 870.